The van der Waals surface area contributed by atoms with Crippen LogP contribution in [-0.2, 0) is 14.3 Å². The lowest BCUT2D eigenvalue weighted by molar-refractivity contribution is -0.143. The normalized spacial score (nSPS) is 13.2. The quantitative estimate of drug-likeness (QED) is 0.0328. The van der Waals surface area contributed by atoms with Gasteiger partial charge in [0.1, 0.15) is 0 Å². The zero-order chi connectivity index (χ0) is 39.4. The average molecular weight is 758 g/mol. The molecule has 0 aliphatic heterocycles. The fraction of sp³-hybridized carbons (Fsp3) is 0.792. The van der Waals surface area contributed by atoms with Crippen LogP contribution in [0.2, 0.25) is 0 Å². The second kappa shape index (κ2) is 43.5. The van der Waals surface area contributed by atoms with Gasteiger partial charge >= 0.3 is 5.97 Å². The van der Waals surface area contributed by atoms with Crippen molar-refractivity contribution in [2.24, 2.45) is 0 Å². The van der Waals surface area contributed by atoms with Gasteiger partial charge in [-0.2, -0.15) is 0 Å². The van der Waals surface area contributed by atoms with E-state index in [1.165, 1.54) is 135 Å². The van der Waals surface area contributed by atoms with Gasteiger partial charge in [-0.15, -0.1) is 0 Å². The van der Waals surface area contributed by atoms with Gasteiger partial charge in [-0.05, 0) is 77.0 Å². The minimum Gasteiger partial charge on any atom is -0.466 e. The fourth-order valence-electron chi connectivity index (χ4n) is 6.50. The van der Waals surface area contributed by atoms with Crippen molar-refractivity contribution in [3.8, 4) is 0 Å². The van der Waals surface area contributed by atoms with Crippen molar-refractivity contribution >= 4 is 11.9 Å². The highest BCUT2D eigenvalue weighted by Gasteiger charge is 2.17. The minimum absolute atomic E-state index is 0.0293. The van der Waals surface area contributed by atoms with E-state index >= 15 is 0 Å². The zero-order valence-electron chi connectivity index (χ0n) is 35.4. The number of ether oxygens (including phenoxy) is 1. The van der Waals surface area contributed by atoms with Gasteiger partial charge in [0.15, 0.2) is 0 Å². The third kappa shape index (κ3) is 39.5. The van der Waals surface area contributed by atoms with E-state index in [0.29, 0.717) is 25.9 Å². The molecule has 54 heavy (non-hydrogen) atoms. The zero-order valence-corrected chi connectivity index (χ0v) is 35.4. The lowest BCUT2D eigenvalue weighted by Crippen LogP contribution is -2.45. The SMILES string of the molecule is CCCCCC/C=C\CCCCCCCC(=O)OCCCCCCCC/C=C\C/C=C\CCC(=O)NC(CO)C(O)/C=C/CCCCCCCCCCC. The van der Waals surface area contributed by atoms with E-state index in [1.807, 2.05) is 12.2 Å². The summed E-state index contributed by atoms with van der Waals surface area (Å²) in [5, 5.41) is 22.8. The molecule has 3 N–H and O–H groups in total. The van der Waals surface area contributed by atoms with E-state index in [2.05, 4.69) is 49.5 Å². The molecule has 2 atom stereocenters. The summed E-state index contributed by atoms with van der Waals surface area (Å²) in [5.74, 6) is -0.182. The molecule has 1 amide bonds. The van der Waals surface area contributed by atoms with Gasteiger partial charge in [-0.1, -0.05) is 178 Å². The summed E-state index contributed by atoms with van der Waals surface area (Å²) in [4.78, 5) is 24.3. The van der Waals surface area contributed by atoms with Crippen LogP contribution in [0.3, 0.4) is 0 Å². The van der Waals surface area contributed by atoms with Crippen LogP contribution in [0.4, 0.5) is 0 Å². The number of aliphatic hydroxyl groups is 2. The summed E-state index contributed by atoms with van der Waals surface area (Å²) in [6.45, 7) is 4.78. The minimum atomic E-state index is -0.878. The van der Waals surface area contributed by atoms with Crippen LogP contribution >= 0.6 is 0 Å². The van der Waals surface area contributed by atoms with Gasteiger partial charge in [-0.25, -0.2) is 0 Å². The number of allylic oxidation sites excluding steroid dienone is 7. The Kier molecular flexibility index (Phi) is 41.8. The Labute approximate surface area is 334 Å². The summed E-state index contributed by atoms with van der Waals surface area (Å²) in [6.07, 6.45) is 52.5. The number of nitrogens with one attached hydrogen (secondary N) is 1. The van der Waals surface area contributed by atoms with E-state index in [-0.39, 0.29) is 18.5 Å². The number of esters is 1. The largest absolute Gasteiger partial charge is 0.466 e. The van der Waals surface area contributed by atoms with E-state index in [4.69, 9.17) is 4.74 Å². The molecule has 6 nitrogen and oxygen atoms in total. The third-order valence-corrected chi connectivity index (χ3v) is 10.1. The molecule has 314 valence electrons. The van der Waals surface area contributed by atoms with Crippen molar-refractivity contribution in [3.63, 3.8) is 0 Å². The van der Waals surface area contributed by atoms with Gasteiger partial charge in [0, 0.05) is 12.8 Å². The van der Waals surface area contributed by atoms with Crippen LogP contribution in [0.25, 0.3) is 0 Å². The number of rotatable bonds is 41. The number of hydrogen-bond donors (Lipinski definition) is 3. The number of aliphatic hydroxyl groups excluding tert-OH is 2. The van der Waals surface area contributed by atoms with Crippen LogP contribution in [0, 0.1) is 0 Å². The number of carbonyl (C=O) groups is 2. The van der Waals surface area contributed by atoms with Gasteiger partial charge in [0.25, 0.3) is 0 Å². The standard InChI is InChI=1S/C48H87NO5/c1-3-5-7-9-11-13-15-17-22-26-30-34-38-42-48(53)54-43-39-35-31-27-23-19-16-18-21-25-29-33-37-41-47(52)49-45(44-50)46(51)40-36-32-28-24-20-14-12-10-8-6-4-2/h13,15,18,21,29,33,36,40,45-46,50-51H,3-12,14,16-17,19-20,22-28,30-32,34-35,37-39,41-44H2,1-2H3,(H,49,52)/b15-13-,21-18-,33-29-,40-36+. The highest BCUT2D eigenvalue weighted by molar-refractivity contribution is 5.76. The summed E-state index contributed by atoms with van der Waals surface area (Å²) in [5.41, 5.74) is 0. The number of unbranched alkanes of at least 4 members (excludes halogenated alkanes) is 24. The highest BCUT2D eigenvalue weighted by atomic mass is 16.5. The molecule has 0 aliphatic carbocycles. The van der Waals surface area contributed by atoms with Crippen molar-refractivity contribution in [3.05, 3.63) is 48.6 Å². The topological polar surface area (TPSA) is 95.9 Å². The molecular formula is C48H87NO5. The Morgan fingerprint density at radius 1 is 0.519 bits per heavy atom. The molecule has 0 radical (unpaired) electrons. The van der Waals surface area contributed by atoms with E-state index in [0.717, 1.165) is 51.4 Å². The first-order chi connectivity index (χ1) is 26.5. The first-order valence-electron chi connectivity index (χ1n) is 22.9. The van der Waals surface area contributed by atoms with Crippen LogP contribution in [0.1, 0.15) is 219 Å². The molecule has 0 aliphatic rings. The Hall–Kier alpha value is -2.18. The van der Waals surface area contributed by atoms with Crippen LogP contribution in [-0.4, -0.2) is 47.4 Å². The summed E-state index contributed by atoms with van der Waals surface area (Å²) in [6, 6.07) is -0.671. The number of amides is 1. The predicted molar refractivity (Wildman–Crippen MR) is 232 cm³/mol. The lowest BCUT2D eigenvalue weighted by Gasteiger charge is -2.19. The van der Waals surface area contributed by atoms with Gasteiger partial charge < -0.3 is 20.3 Å². The second-order valence-electron chi connectivity index (χ2n) is 15.4. The predicted octanol–water partition coefficient (Wildman–Crippen LogP) is 13.1. The second-order valence-corrected chi connectivity index (χ2v) is 15.4. The van der Waals surface area contributed by atoms with Crippen molar-refractivity contribution < 1.29 is 24.5 Å². The van der Waals surface area contributed by atoms with Crippen LogP contribution < -0.4 is 5.32 Å². The molecule has 2 unspecified atom stereocenters. The Morgan fingerprint density at radius 3 is 1.48 bits per heavy atom. The summed E-state index contributed by atoms with van der Waals surface area (Å²) >= 11 is 0. The van der Waals surface area contributed by atoms with E-state index in [1.54, 1.807) is 6.08 Å². The Bertz CT molecular complexity index is 926. The summed E-state index contributed by atoms with van der Waals surface area (Å²) in [7, 11) is 0. The maximum absolute atomic E-state index is 12.3. The fourth-order valence-corrected chi connectivity index (χ4v) is 6.50. The molecular weight excluding hydrogens is 671 g/mol. The third-order valence-electron chi connectivity index (χ3n) is 10.1. The molecule has 0 aromatic heterocycles. The highest BCUT2D eigenvalue weighted by Crippen LogP contribution is 2.13. The molecule has 0 aromatic carbocycles. The molecule has 0 fully saturated rings. The number of hydrogen-bond acceptors (Lipinski definition) is 5. The van der Waals surface area contributed by atoms with Crippen LogP contribution in [0.15, 0.2) is 48.6 Å². The molecule has 0 bridgehead atoms. The molecule has 0 spiro atoms. The van der Waals surface area contributed by atoms with Crippen molar-refractivity contribution in [1.82, 2.24) is 5.32 Å². The van der Waals surface area contributed by atoms with Gasteiger partial charge in [-0.3, -0.25) is 9.59 Å². The molecule has 0 aromatic rings. The monoisotopic (exact) mass is 758 g/mol. The first-order valence-corrected chi connectivity index (χ1v) is 22.9. The Morgan fingerprint density at radius 2 is 0.944 bits per heavy atom. The maximum atomic E-state index is 12.3. The molecule has 6 heteroatoms. The number of carbonyl (C=O) groups excluding carboxylic acids is 2. The smallest absolute Gasteiger partial charge is 0.305 e. The van der Waals surface area contributed by atoms with Crippen molar-refractivity contribution in [1.29, 1.82) is 0 Å². The van der Waals surface area contributed by atoms with Gasteiger partial charge in [0.2, 0.25) is 5.91 Å². The van der Waals surface area contributed by atoms with E-state index < -0.39 is 12.1 Å². The molecule has 0 saturated carbocycles. The Balaban J connectivity index is 3.61. The maximum Gasteiger partial charge on any atom is 0.305 e. The lowest BCUT2D eigenvalue weighted by atomic mass is 10.1. The average Bonchev–Trinajstić information content (AvgIpc) is 3.17. The van der Waals surface area contributed by atoms with Crippen molar-refractivity contribution in [2.45, 2.75) is 231 Å². The molecule has 0 heterocycles. The molecule has 0 saturated heterocycles. The summed E-state index contributed by atoms with van der Waals surface area (Å²) < 4.78 is 5.43. The molecule has 0 rings (SSSR count). The van der Waals surface area contributed by atoms with E-state index in [9.17, 15) is 19.8 Å². The first kappa shape index (κ1) is 51.8. The van der Waals surface area contributed by atoms with Crippen LogP contribution in [0.5, 0.6) is 0 Å². The van der Waals surface area contributed by atoms with Crippen molar-refractivity contribution in [2.75, 3.05) is 13.2 Å². The van der Waals surface area contributed by atoms with Gasteiger partial charge in [0.05, 0.1) is 25.4 Å².